The lowest BCUT2D eigenvalue weighted by Crippen LogP contribution is -2.06. The molecule has 2 aromatic carbocycles. The van der Waals surface area contributed by atoms with E-state index in [9.17, 15) is 0 Å². The Labute approximate surface area is 132 Å². The molecule has 3 rings (SSSR count). The Hall–Kier alpha value is -1.49. The normalized spacial score (nSPS) is 12.6. The molecule has 0 saturated carbocycles. The molecule has 1 N–H and O–H groups in total. The van der Waals surface area contributed by atoms with Gasteiger partial charge in [0.15, 0.2) is 0 Å². The fraction of sp³-hybridized carbons (Fsp3) is 0.176. The second-order valence-corrected chi connectivity index (χ2v) is 6.26. The lowest BCUT2D eigenvalue weighted by Gasteiger charge is -2.15. The van der Waals surface area contributed by atoms with Crippen LogP contribution in [0.4, 0.5) is 5.69 Å². The zero-order valence-electron chi connectivity index (χ0n) is 11.5. The summed E-state index contributed by atoms with van der Waals surface area (Å²) < 4.78 is 7.15. The molecule has 0 saturated heterocycles. The number of hydrogen-bond acceptors (Lipinski definition) is 2. The van der Waals surface area contributed by atoms with E-state index in [-0.39, 0.29) is 6.04 Å². The Balaban J connectivity index is 1.86. The van der Waals surface area contributed by atoms with Gasteiger partial charge in [-0.1, -0.05) is 18.2 Å². The third kappa shape index (κ3) is 2.68. The molecule has 0 aliphatic heterocycles. The summed E-state index contributed by atoms with van der Waals surface area (Å²) >= 11 is 2.33. The molecule has 0 aliphatic rings. The first kappa shape index (κ1) is 13.5. The smallest absolute Gasteiger partial charge is 0.134 e. The monoisotopic (exact) mass is 377 g/mol. The van der Waals surface area contributed by atoms with Crippen molar-refractivity contribution < 1.29 is 4.42 Å². The van der Waals surface area contributed by atoms with Gasteiger partial charge in [-0.3, -0.25) is 0 Å². The number of anilines is 1. The van der Waals surface area contributed by atoms with Gasteiger partial charge in [0, 0.05) is 14.6 Å². The number of para-hydroxylation sites is 1. The van der Waals surface area contributed by atoms with Crippen LogP contribution in [0.25, 0.3) is 11.0 Å². The Morgan fingerprint density at radius 1 is 1.10 bits per heavy atom. The fourth-order valence-corrected chi connectivity index (χ4v) is 2.96. The highest BCUT2D eigenvalue weighted by atomic mass is 127. The molecule has 0 fully saturated rings. The Morgan fingerprint density at radius 2 is 1.90 bits per heavy atom. The van der Waals surface area contributed by atoms with Gasteiger partial charge in [-0.2, -0.15) is 0 Å². The molecule has 3 aromatic rings. The maximum atomic E-state index is 5.90. The molecular formula is C17H16INO. The summed E-state index contributed by atoms with van der Waals surface area (Å²) in [5.74, 6) is 0.962. The van der Waals surface area contributed by atoms with E-state index in [1.54, 1.807) is 0 Å². The highest BCUT2D eigenvalue weighted by Crippen LogP contribution is 2.27. The molecule has 1 aromatic heterocycles. The SMILES string of the molecule is Cc1cc(I)ccc1NC(C)c1cc2ccccc2o1. The number of fused-ring (bicyclic) bond motifs is 1. The molecule has 2 nitrogen and oxygen atoms in total. The fourth-order valence-electron chi connectivity index (χ4n) is 2.31. The molecule has 1 heterocycles. The third-order valence-corrected chi connectivity index (χ3v) is 4.10. The molecule has 0 spiro atoms. The highest BCUT2D eigenvalue weighted by Gasteiger charge is 2.12. The predicted octanol–water partition coefficient (Wildman–Crippen LogP) is 5.52. The molecule has 1 unspecified atom stereocenters. The van der Waals surface area contributed by atoms with Crippen LogP contribution in [0, 0.1) is 10.5 Å². The lowest BCUT2D eigenvalue weighted by atomic mass is 10.1. The van der Waals surface area contributed by atoms with Crippen LogP contribution in [0.3, 0.4) is 0 Å². The average molecular weight is 377 g/mol. The standard InChI is InChI=1S/C17H16INO/c1-11-9-14(18)7-8-15(11)19-12(2)17-10-13-5-3-4-6-16(13)20-17/h3-10,12,19H,1-2H3. The van der Waals surface area contributed by atoms with Crippen molar-refractivity contribution in [1.29, 1.82) is 0 Å². The van der Waals surface area contributed by atoms with E-state index in [2.05, 4.69) is 72.1 Å². The maximum absolute atomic E-state index is 5.90. The largest absolute Gasteiger partial charge is 0.459 e. The summed E-state index contributed by atoms with van der Waals surface area (Å²) in [5, 5.41) is 4.67. The minimum atomic E-state index is 0.140. The summed E-state index contributed by atoms with van der Waals surface area (Å²) in [7, 11) is 0. The van der Waals surface area contributed by atoms with Crippen LogP contribution >= 0.6 is 22.6 Å². The van der Waals surface area contributed by atoms with Crippen molar-refractivity contribution in [3.63, 3.8) is 0 Å². The van der Waals surface area contributed by atoms with E-state index in [1.807, 2.05) is 18.2 Å². The van der Waals surface area contributed by atoms with Gasteiger partial charge in [0.2, 0.25) is 0 Å². The maximum Gasteiger partial charge on any atom is 0.134 e. The van der Waals surface area contributed by atoms with Crippen LogP contribution in [0.2, 0.25) is 0 Å². The number of rotatable bonds is 3. The first-order valence-electron chi connectivity index (χ1n) is 6.64. The molecule has 102 valence electrons. The van der Waals surface area contributed by atoms with Crippen molar-refractivity contribution >= 4 is 39.2 Å². The quantitative estimate of drug-likeness (QED) is 0.608. The van der Waals surface area contributed by atoms with Crippen LogP contribution in [-0.4, -0.2) is 0 Å². The molecule has 0 bridgehead atoms. The van der Waals surface area contributed by atoms with E-state index in [0.29, 0.717) is 0 Å². The van der Waals surface area contributed by atoms with Crippen LogP contribution in [0.1, 0.15) is 24.3 Å². The number of nitrogens with one attached hydrogen (secondary N) is 1. The summed E-state index contributed by atoms with van der Waals surface area (Å²) in [6.45, 7) is 4.24. The molecular weight excluding hydrogens is 361 g/mol. The Bertz CT molecular complexity index is 715. The zero-order chi connectivity index (χ0) is 14.1. The van der Waals surface area contributed by atoms with Gasteiger partial charge in [-0.25, -0.2) is 0 Å². The summed E-state index contributed by atoms with van der Waals surface area (Å²) in [6.07, 6.45) is 0. The van der Waals surface area contributed by atoms with Crippen molar-refractivity contribution in [2.45, 2.75) is 19.9 Å². The van der Waals surface area contributed by atoms with Crippen molar-refractivity contribution in [3.05, 3.63) is 63.4 Å². The van der Waals surface area contributed by atoms with E-state index >= 15 is 0 Å². The highest BCUT2D eigenvalue weighted by molar-refractivity contribution is 14.1. The van der Waals surface area contributed by atoms with Crippen molar-refractivity contribution in [2.24, 2.45) is 0 Å². The molecule has 1 atom stereocenters. The zero-order valence-corrected chi connectivity index (χ0v) is 13.6. The van der Waals surface area contributed by atoms with E-state index in [4.69, 9.17) is 4.42 Å². The number of hydrogen-bond donors (Lipinski definition) is 1. The molecule has 3 heteroatoms. The van der Waals surface area contributed by atoms with Gasteiger partial charge >= 0.3 is 0 Å². The van der Waals surface area contributed by atoms with Crippen LogP contribution < -0.4 is 5.32 Å². The Morgan fingerprint density at radius 3 is 2.65 bits per heavy atom. The second kappa shape index (κ2) is 5.48. The van der Waals surface area contributed by atoms with Crippen LogP contribution in [0.5, 0.6) is 0 Å². The van der Waals surface area contributed by atoms with Crippen LogP contribution in [0.15, 0.2) is 52.9 Å². The van der Waals surface area contributed by atoms with Gasteiger partial charge in [-0.05, 0) is 72.3 Å². The topological polar surface area (TPSA) is 25.2 Å². The van der Waals surface area contributed by atoms with E-state index in [1.165, 1.54) is 9.13 Å². The van der Waals surface area contributed by atoms with E-state index in [0.717, 1.165) is 22.4 Å². The molecule has 0 radical (unpaired) electrons. The van der Waals surface area contributed by atoms with Crippen molar-refractivity contribution in [1.82, 2.24) is 0 Å². The van der Waals surface area contributed by atoms with Gasteiger partial charge in [0.05, 0.1) is 6.04 Å². The average Bonchev–Trinajstić information content (AvgIpc) is 2.86. The predicted molar refractivity (Wildman–Crippen MR) is 92.1 cm³/mol. The number of furan rings is 1. The van der Waals surface area contributed by atoms with Gasteiger partial charge < -0.3 is 9.73 Å². The first-order chi connectivity index (χ1) is 9.63. The number of aryl methyl sites for hydroxylation is 1. The summed E-state index contributed by atoms with van der Waals surface area (Å²) in [5.41, 5.74) is 3.34. The number of halogens is 1. The van der Waals surface area contributed by atoms with Crippen molar-refractivity contribution in [2.75, 3.05) is 5.32 Å². The molecule has 0 aliphatic carbocycles. The summed E-state index contributed by atoms with van der Waals surface area (Å²) in [4.78, 5) is 0. The van der Waals surface area contributed by atoms with Gasteiger partial charge in [-0.15, -0.1) is 0 Å². The second-order valence-electron chi connectivity index (χ2n) is 5.01. The van der Waals surface area contributed by atoms with Crippen molar-refractivity contribution in [3.8, 4) is 0 Å². The minimum Gasteiger partial charge on any atom is -0.459 e. The van der Waals surface area contributed by atoms with E-state index < -0.39 is 0 Å². The Kier molecular flexibility index (Phi) is 3.70. The van der Waals surface area contributed by atoms with Gasteiger partial charge in [0.25, 0.3) is 0 Å². The first-order valence-corrected chi connectivity index (χ1v) is 7.72. The third-order valence-electron chi connectivity index (χ3n) is 3.43. The number of benzene rings is 2. The van der Waals surface area contributed by atoms with Crippen LogP contribution in [-0.2, 0) is 0 Å². The summed E-state index contributed by atoms with van der Waals surface area (Å²) in [6, 6.07) is 16.8. The lowest BCUT2D eigenvalue weighted by molar-refractivity contribution is 0.526. The molecule has 20 heavy (non-hydrogen) atoms. The van der Waals surface area contributed by atoms with Gasteiger partial charge in [0.1, 0.15) is 11.3 Å². The minimum absolute atomic E-state index is 0.140. The molecule has 0 amide bonds.